The van der Waals surface area contributed by atoms with Gasteiger partial charge in [-0.15, -0.1) is 11.3 Å². The highest BCUT2D eigenvalue weighted by atomic mass is 32.1. The van der Waals surface area contributed by atoms with Crippen molar-refractivity contribution in [2.45, 2.75) is 25.7 Å². The quantitative estimate of drug-likeness (QED) is 0.904. The average molecular weight is 268 g/mol. The molecule has 0 aliphatic carbocycles. The summed E-state index contributed by atoms with van der Waals surface area (Å²) in [5, 5.41) is 10.4. The minimum absolute atomic E-state index is 0.0312. The van der Waals surface area contributed by atoms with Crippen LogP contribution in [-0.2, 0) is 4.79 Å². The molecule has 18 heavy (non-hydrogen) atoms. The third-order valence-electron chi connectivity index (χ3n) is 3.22. The molecule has 0 aromatic carbocycles. The molecular weight excluding hydrogens is 252 g/mol. The van der Waals surface area contributed by atoms with Crippen LogP contribution in [0.5, 0.6) is 0 Å². The van der Waals surface area contributed by atoms with Gasteiger partial charge in [-0.25, -0.2) is 4.98 Å². The normalized spacial score (nSPS) is 19.8. The molecule has 1 fully saturated rings. The summed E-state index contributed by atoms with van der Waals surface area (Å²) < 4.78 is 0. The minimum atomic E-state index is -0.766. The Labute approximate surface area is 109 Å². The van der Waals surface area contributed by atoms with Crippen LogP contribution in [0.2, 0.25) is 0 Å². The maximum atomic E-state index is 12.1. The van der Waals surface area contributed by atoms with Crippen molar-refractivity contribution in [1.82, 2.24) is 9.88 Å². The monoisotopic (exact) mass is 268 g/mol. The van der Waals surface area contributed by atoms with Crippen LogP contribution in [0.15, 0.2) is 10.9 Å². The summed E-state index contributed by atoms with van der Waals surface area (Å²) in [5.41, 5.74) is 2.15. The van der Waals surface area contributed by atoms with Crippen molar-refractivity contribution >= 4 is 23.2 Å². The number of rotatable bonds is 4. The molecule has 2 heterocycles. The highest BCUT2D eigenvalue weighted by molar-refractivity contribution is 7.07. The van der Waals surface area contributed by atoms with E-state index in [1.807, 2.05) is 0 Å². The number of likely N-dealkylation sites (tertiary alicyclic amines) is 1. The molecule has 1 aliphatic heterocycles. The Kier molecular flexibility index (Phi) is 4.30. The van der Waals surface area contributed by atoms with Gasteiger partial charge in [0.25, 0.3) is 5.91 Å². The number of piperidine rings is 1. The molecule has 0 saturated carbocycles. The molecule has 0 bridgehead atoms. The van der Waals surface area contributed by atoms with Crippen LogP contribution in [-0.4, -0.2) is 40.0 Å². The SMILES string of the molecule is O=C(O)CC[C@@H]1CCCN(C(=O)c2cscn2)C1. The van der Waals surface area contributed by atoms with Gasteiger partial charge in [0.1, 0.15) is 5.69 Å². The predicted octanol–water partition coefficient (Wildman–Crippen LogP) is 1.86. The second kappa shape index (κ2) is 5.95. The van der Waals surface area contributed by atoms with Crippen LogP contribution in [0.3, 0.4) is 0 Å². The first-order chi connectivity index (χ1) is 8.66. The standard InChI is InChI=1S/C12H16N2O3S/c15-11(16)4-3-9-2-1-5-14(6-9)12(17)10-7-18-8-13-10/h7-9H,1-6H2,(H,15,16)/t9-/m0/s1. The fourth-order valence-corrected chi connectivity index (χ4v) is 2.82. The molecule has 1 N–H and O–H groups in total. The molecule has 1 amide bonds. The topological polar surface area (TPSA) is 70.5 Å². The third kappa shape index (κ3) is 3.29. The molecule has 1 atom stereocenters. The van der Waals surface area contributed by atoms with Crippen molar-refractivity contribution in [1.29, 1.82) is 0 Å². The van der Waals surface area contributed by atoms with E-state index >= 15 is 0 Å². The Balaban J connectivity index is 1.90. The van der Waals surface area contributed by atoms with Gasteiger partial charge in [-0.1, -0.05) is 0 Å². The Morgan fingerprint density at radius 2 is 2.39 bits per heavy atom. The van der Waals surface area contributed by atoms with Crippen LogP contribution >= 0.6 is 11.3 Å². The second-order valence-electron chi connectivity index (χ2n) is 4.57. The molecule has 2 rings (SSSR count). The zero-order valence-corrected chi connectivity index (χ0v) is 10.9. The van der Waals surface area contributed by atoms with E-state index in [0.717, 1.165) is 19.4 Å². The maximum absolute atomic E-state index is 12.1. The van der Waals surface area contributed by atoms with Crippen molar-refractivity contribution in [2.24, 2.45) is 5.92 Å². The lowest BCUT2D eigenvalue weighted by atomic mass is 9.93. The molecular formula is C12H16N2O3S. The second-order valence-corrected chi connectivity index (χ2v) is 5.28. The molecule has 1 aromatic rings. The molecule has 0 radical (unpaired) electrons. The summed E-state index contributed by atoms with van der Waals surface area (Å²) in [6.45, 7) is 1.41. The summed E-state index contributed by atoms with van der Waals surface area (Å²) in [4.78, 5) is 28.5. The summed E-state index contributed by atoms with van der Waals surface area (Å²) >= 11 is 1.41. The van der Waals surface area contributed by atoms with Crippen molar-refractivity contribution < 1.29 is 14.7 Å². The van der Waals surface area contributed by atoms with E-state index in [2.05, 4.69) is 4.98 Å². The number of hydrogen-bond acceptors (Lipinski definition) is 4. The van der Waals surface area contributed by atoms with E-state index < -0.39 is 5.97 Å². The van der Waals surface area contributed by atoms with Crippen molar-refractivity contribution in [3.63, 3.8) is 0 Å². The number of aromatic nitrogens is 1. The van der Waals surface area contributed by atoms with Gasteiger partial charge in [-0.3, -0.25) is 9.59 Å². The van der Waals surface area contributed by atoms with E-state index in [-0.39, 0.29) is 12.3 Å². The molecule has 98 valence electrons. The number of carboxylic acids is 1. The number of aliphatic carboxylic acids is 1. The number of carbonyl (C=O) groups excluding carboxylic acids is 1. The lowest BCUT2D eigenvalue weighted by molar-refractivity contribution is -0.137. The summed E-state index contributed by atoms with van der Waals surface area (Å²) in [5.74, 6) is -0.494. The first-order valence-corrected chi connectivity index (χ1v) is 7.00. The Hall–Kier alpha value is -1.43. The van der Waals surface area contributed by atoms with Gasteiger partial charge >= 0.3 is 5.97 Å². The first kappa shape index (κ1) is 13.0. The Morgan fingerprint density at radius 3 is 3.06 bits per heavy atom. The molecule has 1 saturated heterocycles. The average Bonchev–Trinajstić information content (AvgIpc) is 2.89. The Morgan fingerprint density at radius 1 is 1.56 bits per heavy atom. The fraction of sp³-hybridized carbons (Fsp3) is 0.583. The number of nitrogens with zero attached hydrogens (tertiary/aromatic N) is 2. The van der Waals surface area contributed by atoms with E-state index in [1.165, 1.54) is 11.3 Å². The smallest absolute Gasteiger partial charge is 0.303 e. The van der Waals surface area contributed by atoms with Gasteiger partial charge in [0.2, 0.25) is 0 Å². The lowest BCUT2D eigenvalue weighted by Gasteiger charge is -2.32. The van der Waals surface area contributed by atoms with Gasteiger partial charge in [0, 0.05) is 24.9 Å². The molecule has 5 nitrogen and oxygen atoms in total. The molecule has 1 aromatic heterocycles. The summed E-state index contributed by atoms with van der Waals surface area (Å²) in [7, 11) is 0. The first-order valence-electron chi connectivity index (χ1n) is 6.06. The summed E-state index contributed by atoms with van der Waals surface area (Å²) in [6, 6.07) is 0. The molecule has 1 aliphatic rings. The molecule has 0 spiro atoms. The zero-order chi connectivity index (χ0) is 13.0. The van der Waals surface area contributed by atoms with Crippen LogP contribution in [0, 0.1) is 5.92 Å². The largest absolute Gasteiger partial charge is 0.481 e. The van der Waals surface area contributed by atoms with Gasteiger partial charge in [-0.2, -0.15) is 0 Å². The van der Waals surface area contributed by atoms with Gasteiger partial charge < -0.3 is 10.0 Å². The summed E-state index contributed by atoms with van der Waals surface area (Å²) in [6.07, 6.45) is 2.79. The Bertz CT molecular complexity index is 419. The third-order valence-corrected chi connectivity index (χ3v) is 3.81. The van der Waals surface area contributed by atoms with E-state index in [4.69, 9.17) is 5.11 Å². The highest BCUT2D eigenvalue weighted by Crippen LogP contribution is 2.22. The number of amides is 1. The van der Waals surface area contributed by atoms with Gasteiger partial charge in [-0.05, 0) is 25.2 Å². The van der Waals surface area contributed by atoms with E-state index in [1.54, 1.807) is 15.8 Å². The molecule has 0 unspecified atom stereocenters. The number of carbonyl (C=O) groups is 2. The number of carboxylic acid groups (broad SMARTS) is 1. The van der Waals surface area contributed by atoms with Crippen LogP contribution < -0.4 is 0 Å². The van der Waals surface area contributed by atoms with Crippen molar-refractivity contribution in [2.75, 3.05) is 13.1 Å². The van der Waals surface area contributed by atoms with Gasteiger partial charge in [0.15, 0.2) is 0 Å². The number of hydrogen-bond donors (Lipinski definition) is 1. The van der Waals surface area contributed by atoms with Gasteiger partial charge in [0.05, 0.1) is 5.51 Å². The molecule has 6 heteroatoms. The fourth-order valence-electron chi connectivity index (χ4n) is 2.29. The van der Waals surface area contributed by atoms with E-state index in [0.29, 0.717) is 24.6 Å². The van der Waals surface area contributed by atoms with Crippen LogP contribution in [0.25, 0.3) is 0 Å². The number of thiazole rings is 1. The maximum Gasteiger partial charge on any atom is 0.303 e. The minimum Gasteiger partial charge on any atom is -0.481 e. The zero-order valence-electron chi connectivity index (χ0n) is 10.0. The van der Waals surface area contributed by atoms with Crippen molar-refractivity contribution in [3.05, 3.63) is 16.6 Å². The van der Waals surface area contributed by atoms with Crippen LogP contribution in [0.1, 0.15) is 36.2 Å². The van der Waals surface area contributed by atoms with E-state index in [9.17, 15) is 9.59 Å². The van der Waals surface area contributed by atoms with Crippen LogP contribution in [0.4, 0.5) is 0 Å². The lowest BCUT2D eigenvalue weighted by Crippen LogP contribution is -2.40. The highest BCUT2D eigenvalue weighted by Gasteiger charge is 2.25. The van der Waals surface area contributed by atoms with Crippen molar-refractivity contribution in [3.8, 4) is 0 Å². The predicted molar refractivity (Wildman–Crippen MR) is 67.6 cm³/mol.